The number of nitrogens with zero attached hydrogens (tertiary/aromatic N) is 4. The van der Waals surface area contributed by atoms with Crippen molar-refractivity contribution in [3.63, 3.8) is 0 Å². The summed E-state index contributed by atoms with van der Waals surface area (Å²) in [5, 5.41) is 23.5. The third-order valence-electron chi connectivity index (χ3n) is 6.66. The van der Waals surface area contributed by atoms with Gasteiger partial charge >= 0.3 is 0 Å². The summed E-state index contributed by atoms with van der Waals surface area (Å²) in [6.45, 7) is 0.970. The van der Waals surface area contributed by atoms with Gasteiger partial charge in [-0.25, -0.2) is 5.10 Å². The normalized spacial score (nSPS) is 15.7. The van der Waals surface area contributed by atoms with Crippen molar-refractivity contribution >= 4 is 32.2 Å². The summed E-state index contributed by atoms with van der Waals surface area (Å²) in [5.41, 5.74) is 10.6. The zero-order chi connectivity index (χ0) is 24.1. The molecule has 1 aliphatic rings. The van der Waals surface area contributed by atoms with E-state index in [2.05, 4.69) is 27.4 Å². The largest absolute Gasteiger partial charge is 0.373 e. The van der Waals surface area contributed by atoms with Crippen molar-refractivity contribution in [3.8, 4) is 27.8 Å². The second kappa shape index (κ2) is 8.43. The molecule has 1 saturated heterocycles. The van der Waals surface area contributed by atoms with Gasteiger partial charge in [-0.3, -0.25) is 9.48 Å². The molecular formula is C26H22N6O2S. The van der Waals surface area contributed by atoms with E-state index in [0.29, 0.717) is 22.0 Å². The molecule has 0 radical (unpaired) electrons. The van der Waals surface area contributed by atoms with E-state index in [0.717, 1.165) is 56.8 Å². The molecule has 6 rings (SSSR count). The quantitative estimate of drug-likeness (QED) is 0.392. The number of hydrogen-bond donors (Lipinski definition) is 2. The zero-order valence-electron chi connectivity index (χ0n) is 19.0. The van der Waals surface area contributed by atoms with Crippen LogP contribution in [0.1, 0.15) is 35.8 Å². The number of fused-ring (bicyclic) bond motifs is 2. The molecule has 0 amide bonds. The van der Waals surface area contributed by atoms with Crippen LogP contribution in [0.3, 0.4) is 0 Å². The van der Waals surface area contributed by atoms with Gasteiger partial charge in [0, 0.05) is 41.2 Å². The number of aromatic amines is 1. The Morgan fingerprint density at radius 2 is 2.17 bits per heavy atom. The summed E-state index contributed by atoms with van der Waals surface area (Å²) in [6.07, 6.45) is 3.88. The average molecular weight is 483 g/mol. The highest BCUT2D eigenvalue weighted by molar-refractivity contribution is 7.22. The van der Waals surface area contributed by atoms with Gasteiger partial charge < -0.3 is 10.5 Å². The number of thiophene rings is 1. The number of benzene rings is 2. The third kappa shape index (κ3) is 3.38. The first-order chi connectivity index (χ1) is 17.1. The number of aryl methyl sites for hydroxylation is 1. The van der Waals surface area contributed by atoms with Crippen molar-refractivity contribution in [3.05, 3.63) is 69.8 Å². The van der Waals surface area contributed by atoms with Gasteiger partial charge in [0.25, 0.3) is 5.56 Å². The molecule has 3 aromatic heterocycles. The summed E-state index contributed by atoms with van der Waals surface area (Å²) in [4.78, 5) is 13.2. The van der Waals surface area contributed by atoms with E-state index in [1.807, 2.05) is 31.3 Å². The van der Waals surface area contributed by atoms with Crippen LogP contribution in [-0.4, -0.2) is 26.6 Å². The molecule has 4 heterocycles. The summed E-state index contributed by atoms with van der Waals surface area (Å²) in [7, 11) is 1.88. The van der Waals surface area contributed by atoms with Crippen molar-refractivity contribution in [1.29, 1.82) is 5.26 Å². The van der Waals surface area contributed by atoms with Crippen molar-refractivity contribution in [1.82, 2.24) is 20.0 Å². The molecule has 0 aliphatic carbocycles. The second-order valence-corrected chi connectivity index (χ2v) is 9.66. The predicted octanol–water partition coefficient (Wildman–Crippen LogP) is 4.39. The fourth-order valence-electron chi connectivity index (χ4n) is 4.96. The van der Waals surface area contributed by atoms with Crippen LogP contribution in [0.25, 0.3) is 42.6 Å². The molecule has 0 bridgehead atoms. The minimum absolute atomic E-state index is 0.0588. The molecule has 1 aliphatic heterocycles. The number of hydrogen-bond acceptors (Lipinski definition) is 7. The molecule has 0 unspecified atom stereocenters. The Bertz CT molecular complexity index is 1700. The number of nitrogens with one attached hydrogen (secondary N) is 1. The van der Waals surface area contributed by atoms with Gasteiger partial charge in [-0.1, -0.05) is 24.3 Å². The van der Waals surface area contributed by atoms with Crippen molar-refractivity contribution < 1.29 is 4.74 Å². The van der Waals surface area contributed by atoms with E-state index in [4.69, 9.17) is 10.5 Å². The van der Waals surface area contributed by atoms with Gasteiger partial charge in [-0.05, 0) is 36.1 Å². The Morgan fingerprint density at radius 3 is 2.94 bits per heavy atom. The number of aromatic nitrogens is 4. The van der Waals surface area contributed by atoms with E-state index >= 15 is 0 Å². The van der Waals surface area contributed by atoms with E-state index < -0.39 is 0 Å². The van der Waals surface area contributed by atoms with Crippen LogP contribution in [0.15, 0.2) is 47.4 Å². The molecule has 2 aromatic carbocycles. The Kier molecular flexibility index (Phi) is 5.22. The van der Waals surface area contributed by atoms with E-state index in [-0.39, 0.29) is 18.2 Å². The summed E-state index contributed by atoms with van der Waals surface area (Å²) in [6, 6.07) is 14.2. The Hall–Kier alpha value is -3.84. The standard InChI is InChI=1S/C26H22N6O2S/c1-32-23(20(13-29-32)14-7-8-16-18(10-14)21(12-28)30-31-26(16)33)25-19(11-27)15-4-2-5-17(24(15)35-25)22-6-3-9-34-22/h2,4-5,7-8,10,13,22H,3,6,9,12,28H2,1H3,(H,31,33)/t22-/m0/s1. The number of H-pyrrole nitrogens is 1. The van der Waals surface area contributed by atoms with Crippen LogP contribution in [0.5, 0.6) is 0 Å². The van der Waals surface area contributed by atoms with E-state index in [9.17, 15) is 10.1 Å². The summed E-state index contributed by atoms with van der Waals surface area (Å²) < 4.78 is 8.86. The minimum atomic E-state index is -0.256. The average Bonchev–Trinajstić information content (AvgIpc) is 3.62. The highest BCUT2D eigenvalue weighted by atomic mass is 32.1. The molecule has 9 heteroatoms. The predicted molar refractivity (Wildman–Crippen MR) is 136 cm³/mol. The molecular weight excluding hydrogens is 460 g/mol. The first-order valence-electron chi connectivity index (χ1n) is 11.4. The lowest BCUT2D eigenvalue weighted by Crippen LogP contribution is -2.13. The van der Waals surface area contributed by atoms with Crippen LogP contribution in [0.2, 0.25) is 0 Å². The molecule has 35 heavy (non-hydrogen) atoms. The molecule has 8 nitrogen and oxygen atoms in total. The van der Waals surface area contributed by atoms with Crippen LogP contribution in [-0.2, 0) is 18.3 Å². The van der Waals surface area contributed by atoms with Crippen LogP contribution >= 0.6 is 11.3 Å². The lowest BCUT2D eigenvalue weighted by atomic mass is 9.99. The first-order valence-corrected chi connectivity index (χ1v) is 12.2. The number of nitrogens with two attached hydrogens (primary N) is 1. The van der Waals surface area contributed by atoms with Crippen molar-refractivity contribution in [2.24, 2.45) is 12.8 Å². The lowest BCUT2D eigenvalue weighted by Gasteiger charge is -2.10. The smallest absolute Gasteiger partial charge is 0.272 e. The molecule has 5 aromatic rings. The lowest BCUT2D eigenvalue weighted by molar-refractivity contribution is 0.113. The Labute approximate surface area is 204 Å². The van der Waals surface area contributed by atoms with Crippen molar-refractivity contribution in [2.75, 3.05) is 6.61 Å². The van der Waals surface area contributed by atoms with Crippen LogP contribution in [0.4, 0.5) is 0 Å². The molecule has 0 saturated carbocycles. The zero-order valence-corrected chi connectivity index (χ0v) is 19.9. The fourth-order valence-corrected chi connectivity index (χ4v) is 6.35. The number of ether oxygens (including phenoxy) is 1. The van der Waals surface area contributed by atoms with Crippen molar-refractivity contribution in [2.45, 2.75) is 25.5 Å². The first kappa shape index (κ1) is 21.7. The second-order valence-electron chi connectivity index (χ2n) is 8.64. The maximum absolute atomic E-state index is 12.3. The summed E-state index contributed by atoms with van der Waals surface area (Å²) >= 11 is 1.61. The highest BCUT2D eigenvalue weighted by Gasteiger charge is 2.26. The van der Waals surface area contributed by atoms with Crippen LogP contribution < -0.4 is 11.3 Å². The van der Waals surface area contributed by atoms with E-state index in [1.165, 1.54) is 0 Å². The molecule has 0 spiro atoms. The highest BCUT2D eigenvalue weighted by Crippen LogP contribution is 2.45. The maximum Gasteiger partial charge on any atom is 0.272 e. The molecule has 3 N–H and O–H groups in total. The Balaban J connectivity index is 1.58. The van der Waals surface area contributed by atoms with Gasteiger partial charge in [0.15, 0.2) is 0 Å². The monoisotopic (exact) mass is 482 g/mol. The summed E-state index contributed by atoms with van der Waals surface area (Å²) in [5.74, 6) is 0. The maximum atomic E-state index is 12.3. The SMILES string of the molecule is Cn1ncc(-c2ccc3c(=O)[nH]nc(CN)c3c2)c1-c1sc2c([C@@H]3CCCO3)cccc2c1C#N. The molecule has 1 atom stereocenters. The topological polar surface area (TPSA) is 123 Å². The molecule has 174 valence electrons. The third-order valence-corrected chi connectivity index (χ3v) is 7.92. The van der Waals surface area contributed by atoms with Gasteiger partial charge in [0.05, 0.1) is 39.5 Å². The van der Waals surface area contributed by atoms with Crippen LogP contribution in [0, 0.1) is 11.3 Å². The van der Waals surface area contributed by atoms with Gasteiger partial charge in [0.2, 0.25) is 0 Å². The fraction of sp³-hybridized carbons (Fsp3) is 0.231. The molecule has 1 fully saturated rings. The van der Waals surface area contributed by atoms with Gasteiger partial charge in [0.1, 0.15) is 6.07 Å². The number of nitriles is 1. The minimum Gasteiger partial charge on any atom is -0.373 e. The Morgan fingerprint density at radius 1 is 1.29 bits per heavy atom. The number of rotatable bonds is 4. The van der Waals surface area contributed by atoms with E-state index in [1.54, 1.807) is 28.3 Å². The van der Waals surface area contributed by atoms with Gasteiger partial charge in [-0.2, -0.15) is 15.5 Å². The van der Waals surface area contributed by atoms with Gasteiger partial charge in [-0.15, -0.1) is 11.3 Å².